The van der Waals surface area contributed by atoms with E-state index in [1.165, 1.54) is 0 Å². The van der Waals surface area contributed by atoms with Gasteiger partial charge in [0.05, 0.1) is 6.04 Å². The number of nitro groups is 1. The highest BCUT2D eigenvalue weighted by Gasteiger charge is 2.24. The van der Waals surface area contributed by atoms with Crippen molar-refractivity contribution >= 4 is 11.6 Å². The fourth-order valence-electron chi connectivity index (χ4n) is 1.53. The second-order valence-corrected chi connectivity index (χ2v) is 3.80. The van der Waals surface area contributed by atoms with Crippen LogP contribution in [0.5, 0.6) is 0 Å². The average molecular weight is 236 g/mol. The van der Waals surface area contributed by atoms with E-state index in [1.807, 2.05) is 6.92 Å². The third-order valence-corrected chi connectivity index (χ3v) is 2.56. The normalized spacial score (nSPS) is 11.9. The molecule has 0 spiro atoms. The van der Waals surface area contributed by atoms with E-state index in [9.17, 15) is 10.1 Å². The SMILES string of the molecule is C#CC(CCC)Nc1c([N+](=O)[O-])nc(C)n1C. The van der Waals surface area contributed by atoms with Gasteiger partial charge in [0.15, 0.2) is 0 Å². The summed E-state index contributed by atoms with van der Waals surface area (Å²) in [5.74, 6) is 3.34. The van der Waals surface area contributed by atoms with Crippen LogP contribution >= 0.6 is 0 Å². The quantitative estimate of drug-likeness (QED) is 0.481. The van der Waals surface area contributed by atoms with Crippen molar-refractivity contribution in [3.05, 3.63) is 15.9 Å². The lowest BCUT2D eigenvalue weighted by Gasteiger charge is -2.12. The van der Waals surface area contributed by atoms with Gasteiger partial charge in [0.25, 0.3) is 0 Å². The summed E-state index contributed by atoms with van der Waals surface area (Å²) in [4.78, 5) is 14.2. The second-order valence-electron chi connectivity index (χ2n) is 3.80. The van der Waals surface area contributed by atoms with E-state index >= 15 is 0 Å². The Kier molecular flexibility index (Phi) is 4.10. The van der Waals surface area contributed by atoms with E-state index in [1.54, 1.807) is 18.5 Å². The first-order valence-electron chi connectivity index (χ1n) is 5.41. The van der Waals surface area contributed by atoms with E-state index in [-0.39, 0.29) is 11.9 Å². The topological polar surface area (TPSA) is 73.0 Å². The van der Waals surface area contributed by atoms with Crippen LogP contribution in [0, 0.1) is 29.4 Å². The van der Waals surface area contributed by atoms with E-state index in [0.717, 1.165) is 12.8 Å². The highest BCUT2D eigenvalue weighted by Crippen LogP contribution is 2.24. The molecular weight excluding hydrogens is 220 g/mol. The van der Waals surface area contributed by atoms with Crippen LogP contribution in [0.3, 0.4) is 0 Å². The Morgan fingerprint density at radius 3 is 2.82 bits per heavy atom. The maximum Gasteiger partial charge on any atom is 0.406 e. The summed E-state index contributed by atoms with van der Waals surface area (Å²) in [5, 5.41) is 13.8. The van der Waals surface area contributed by atoms with Crippen molar-refractivity contribution in [3.63, 3.8) is 0 Å². The number of nitrogens with zero attached hydrogens (tertiary/aromatic N) is 3. The van der Waals surface area contributed by atoms with Gasteiger partial charge >= 0.3 is 5.82 Å². The second kappa shape index (κ2) is 5.34. The first kappa shape index (κ1) is 13.0. The lowest BCUT2D eigenvalue weighted by atomic mass is 10.2. The summed E-state index contributed by atoms with van der Waals surface area (Å²) in [6, 6.07) is -0.214. The van der Waals surface area contributed by atoms with Gasteiger partial charge in [-0.2, -0.15) is 0 Å². The van der Waals surface area contributed by atoms with Crippen LogP contribution < -0.4 is 5.32 Å². The van der Waals surface area contributed by atoms with Crippen molar-refractivity contribution in [2.24, 2.45) is 7.05 Å². The Morgan fingerprint density at radius 1 is 1.71 bits per heavy atom. The molecule has 0 amide bonds. The largest absolute Gasteiger partial charge is 0.406 e. The van der Waals surface area contributed by atoms with E-state index in [2.05, 4.69) is 16.2 Å². The van der Waals surface area contributed by atoms with E-state index < -0.39 is 4.92 Å². The van der Waals surface area contributed by atoms with Gasteiger partial charge in [-0.05, 0) is 16.3 Å². The molecule has 17 heavy (non-hydrogen) atoms. The van der Waals surface area contributed by atoms with Gasteiger partial charge in [-0.3, -0.25) is 4.57 Å². The van der Waals surface area contributed by atoms with Crippen LogP contribution in [0.1, 0.15) is 25.6 Å². The molecule has 1 aromatic heterocycles. The zero-order valence-corrected chi connectivity index (χ0v) is 10.2. The molecular formula is C11H16N4O2. The number of imidazole rings is 1. The molecule has 0 aromatic carbocycles. The third kappa shape index (κ3) is 2.75. The Morgan fingerprint density at radius 2 is 2.35 bits per heavy atom. The van der Waals surface area contributed by atoms with E-state index in [4.69, 9.17) is 6.42 Å². The van der Waals surface area contributed by atoms with Crippen LogP contribution in [-0.2, 0) is 7.05 Å². The number of terminal acetylenes is 1. The Labute approximate surface area is 100 Å². The van der Waals surface area contributed by atoms with Gasteiger partial charge in [-0.1, -0.05) is 19.3 Å². The highest BCUT2D eigenvalue weighted by atomic mass is 16.6. The van der Waals surface area contributed by atoms with Crippen molar-refractivity contribution in [1.29, 1.82) is 0 Å². The first-order chi connectivity index (χ1) is 8.01. The fourth-order valence-corrected chi connectivity index (χ4v) is 1.53. The number of hydrogen-bond acceptors (Lipinski definition) is 4. The smallest absolute Gasteiger partial charge is 0.358 e. The van der Waals surface area contributed by atoms with Crippen LogP contribution in [0.2, 0.25) is 0 Å². The van der Waals surface area contributed by atoms with Gasteiger partial charge in [-0.25, -0.2) is 0 Å². The zero-order valence-electron chi connectivity index (χ0n) is 10.2. The van der Waals surface area contributed by atoms with Crippen LogP contribution in [0.4, 0.5) is 11.6 Å². The van der Waals surface area contributed by atoms with E-state index in [0.29, 0.717) is 11.6 Å². The number of rotatable bonds is 5. The molecule has 6 nitrogen and oxygen atoms in total. The Balaban J connectivity index is 3.04. The average Bonchev–Trinajstić information content (AvgIpc) is 2.56. The molecule has 0 radical (unpaired) electrons. The fraction of sp³-hybridized carbons (Fsp3) is 0.545. The summed E-state index contributed by atoms with van der Waals surface area (Å²) in [6.07, 6.45) is 7.05. The van der Waals surface area contributed by atoms with Crippen molar-refractivity contribution in [2.45, 2.75) is 32.7 Å². The monoisotopic (exact) mass is 236 g/mol. The molecule has 1 rings (SSSR count). The molecule has 0 saturated heterocycles. The lowest BCUT2D eigenvalue weighted by Crippen LogP contribution is -2.19. The van der Waals surface area contributed by atoms with Crippen molar-refractivity contribution in [3.8, 4) is 12.3 Å². The van der Waals surface area contributed by atoms with Crippen molar-refractivity contribution in [2.75, 3.05) is 5.32 Å². The van der Waals surface area contributed by atoms with Gasteiger partial charge < -0.3 is 15.4 Å². The highest BCUT2D eigenvalue weighted by molar-refractivity contribution is 5.55. The molecule has 1 N–H and O–H groups in total. The maximum absolute atomic E-state index is 10.9. The van der Waals surface area contributed by atoms with Crippen molar-refractivity contribution < 1.29 is 4.92 Å². The molecule has 0 saturated carbocycles. The Bertz CT molecular complexity index is 459. The maximum atomic E-state index is 10.9. The minimum atomic E-state index is -0.505. The molecule has 92 valence electrons. The molecule has 0 aliphatic rings. The molecule has 0 fully saturated rings. The Hall–Kier alpha value is -2.03. The standard InChI is InChI=1S/C11H16N4O2/c1-5-7-9(6-2)13-10-11(15(16)17)12-8(3)14(10)4/h2,9,13H,5,7H2,1,3-4H3. The number of hydrogen-bond donors (Lipinski definition) is 1. The molecule has 1 atom stereocenters. The summed E-state index contributed by atoms with van der Waals surface area (Å²) < 4.78 is 1.64. The van der Waals surface area contributed by atoms with Crippen molar-refractivity contribution in [1.82, 2.24) is 9.55 Å². The first-order valence-corrected chi connectivity index (χ1v) is 5.41. The van der Waals surface area contributed by atoms with Gasteiger partial charge in [0.1, 0.15) is 0 Å². The predicted molar refractivity (Wildman–Crippen MR) is 65.8 cm³/mol. The van der Waals surface area contributed by atoms with Gasteiger partial charge in [0, 0.05) is 14.0 Å². The number of nitrogens with one attached hydrogen (secondary N) is 1. The molecule has 1 unspecified atom stereocenters. The lowest BCUT2D eigenvalue weighted by molar-refractivity contribution is -0.388. The zero-order chi connectivity index (χ0) is 13.0. The molecule has 0 aliphatic heterocycles. The predicted octanol–water partition coefficient (Wildman–Crippen LogP) is 1.85. The molecule has 1 heterocycles. The summed E-state index contributed by atoms with van der Waals surface area (Å²) in [5.41, 5.74) is 0. The van der Waals surface area contributed by atoms with Gasteiger partial charge in [0.2, 0.25) is 11.6 Å². The van der Waals surface area contributed by atoms with Crippen LogP contribution in [0.15, 0.2) is 0 Å². The summed E-state index contributed by atoms with van der Waals surface area (Å²) in [7, 11) is 1.72. The minimum absolute atomic E-state index is 0.179. The number of aromatic nitrogens is 2. The van der Waals surface area contributed by atoms with Crippen LogP contribution in [0.25, 0.3) is 0 Å². The number of aryl methyl sites for hydroxylation is 1. The van der Waals surface area contributed by atoms with Gasteiger partial charge in [-0.15, -0.1) is 6.42 Å². The molecule has 1 aromatic rings. The van der Waals surface area contributed by atoms with Crippen LogP contribution in [-0.4, -0.2) is 20.5 Å². The minimum Gasteiger partial charge on any atom is -0.358 e. The summed E-state index contributed by atoms with van der Waals surface area (Å²) in [6.45, 7) is 3.72. The molecule has 0 aliphatic carbocycles. The summed E-state index contributed by atoms with van der Waals surface area (Å²) >= 11 is 0. The molecule has 6 heteroatoms. The number of anilines is 1. The third-order valence-electron chi connectivity index (χ3n) is 2.56. The molecule has 0 bridgehead atoms.